The summed E-state index contributed by atoms with van der Waals surface area (Å²) in [7, 11) is 0. The van der Waals surface area contributed by atoms with Gasteiger partial charge < -0.3 is 10.4 Å². The summed E-state index contributed by atoms with van der Waals surface area (Å²) in [4.78, 5) is 21.3. The Morgan fingerprint density at radius 2 is 2.21 bits per heavy atom. The highest BCUT2D eigenvalue weighted by Gasteiger charge is 2.22. The van der Waals surface area contributed by atoms with Gasteiger partial charge in [0.2, 0.25) is 5.91 Å². The van der Waals surface area contributed by atoms with Gasteiger partial charge in [-0.15, -0.1) is 0 Å². The zero-order valence-corrected chi connectivity index (χ0v) is 8.29. The largest absolute Gasteiger partial charge is 0.481 e. The quantitative estimate of drug-likeness (QED) is 0.631. The lowest BCUT2D eigenvalue weighted by Crippen LogP contribution is -2.18. The van der Waals surface area contributed by atoms with Gasteiger partial charge in [-0.3, -0.25) is 9.59 Å². The average molecular weight is 199 g/mol. The zero-order valence-electron chi connectivity index (χ0n) is 8.29. The molecule has 0 radical (unpaired) electrons. The van der Waals surface area contributed by atoms with E-state index in [4.69, 9.17) is 5.11 Å². The predicted molar refractivity (Wildman–Crippen MR) is 51.8 cm³/mol. The van der Waals surface area contributed by atoms with E-state index >= 15 is 0 Å². The van der Waals surface area contributed by atoms with Crippen molar-refractivity contribution in [2.45, 2.75) is 38.5 Å². The van der Waals surface area contributed by atoms with Crippen LogP contribution in [0.3, 0.4) is 0 Å². The first-order valence-corrected chi connectivity index (χ1v) is 5.19. The summed E-state index contributed by atoms with van der Waals surface area (Å²) in [5, 5.41) is 11.2. The van der Waals surface area contributed by atoms with Crippen LogP contribution in [0.4, 0.5) is 0 Å². The third-order valence-electron chi connectivity index (χ3n) is 2.61. The molecule has 1 rings (SSSR count). The van der Waals surface area contributed by atoms with E-state index in [1.807, 2.05) is 0 Å². The van der Waals surface area contributed by atoms with Crippen molar-refractivity contribution in [2.24, 2.45) is 5.92 Å². The minimum atomic E-state index is -0.733. The molecule has 1 aliphatic rings. The molecule has 4 nitrogen and oxygen atoms in total. The molecule has 2 N–H and O–H groups in total. The fourth-order valence-electron chi connectivity index (χ4n) is 1.76. The van der Waals surface area contributed by atoms with E-state index in [0.717, 1.165) is 38.6 Å². The molecule has 80 valence electrons. The van der Waals surface area contributed by atoms with Gasteiger partial charge in [0.1, 0.15) is 0 Å². The van der Waals surface area contributed by atoms with Crippen LogP contribution in [0.1, 0.15) is 38.5 Å². The maximum absolute atomic E-state index is 11.1. The first-order chi connectivity index (χ1) is 6.70. The number of rotatable bonds is 6. The summed E-state index contributed by atoms with van der Waals surface area (Å²) < 4.78 is 0. The maximum Gasteiger partial charge on any atom is 0.303 e. The molecule has 1 atom stereocenters. The van der Waals surface area contributed by atoms with E-state index in [0.29, 0.717) is 0 Å². The van der Waals surface area contributed by atoms with Gasteiger partial charge in [-0.1, -0.05) is 12.8 Å². The van der Waals surface area contributed by atoms with Crippen molar-refractivity contribution in [3.05, 3.63) is 0 Å². The van der Waals surface area contributed by atoms with Gasteiger partial charge in [-0.25, -0.2) is 0 Å². The monoisotopic (exact) mass is 199 g/mol. The highest BCUT2D eigenvalue weighted by Crippen LogP contribution is 2.17. The number of aliphatic carboxylic acids is 1. The van der Waals surface area contributed by atoms with Crippen LogP contribution in [0.2, 0.25) is 0 Å². The summed E-state index contributed by atoms with van der Waals surface area (Å²) in [5.74, 6) is -0.383. The third-order valence-corrected chi connectivity index (χ3v) is 2.61. The summed E-state index contributed by atoms with van der Waals surface area (Å²) in [6, 6.07) is 0. The number of amides is 1. The highest BCUT2D eigenvalue weighted by atomic mass is 16.4. The molecule has 1 heterocycles. The molecule has 0 aromatic heterocycles. The van der Waals surface area contributed by atoms with Crippen LogP contribution >= 0.6 is 0 Å². The smallest absolute Gasteiger partial charge is 0.303 e. The van der Waals surface area contributed by atoms with E-state index in [-0.39, 0.29) is 18.2 Å². The van der Waals surface area contributed by atoms with Gasteiger partial charge in [0.25, 0.3) is 0 Å². The molecule has 1 fully saturated rings. The van der Waals surface area contributed by atoms with Gasteiger partial charge in [0, 0.05) is 18.9 Å². The van der Waals surface area contributed by atoms with Crippen molar-refractivity contribution in [2.75, 3.05) is 6.54 Å². The van der Waals surface area contributed by atoms with E-state index < -0.39 is 5.97 Å². The molecule has 1 saturated heterocycles. The predicted octanol–water partition coefficient (Wildman–Crippen LogP) is 1.16. The first-order valence-electron chi connectivity index (χ1n) is 5.19. The van der Waals surface area contributed by atoms with Crippen molar-refractivity contribution in [3.63, 3.8) is 0 Å². The number of carbonyl (C=O) groups is 2. The Morgan fingerprint density at radius 1 is 1.43 bits per heavy atom. The Morgan fingerprint density at radius 3 is 2.79 bits per heavy atom. The molecular weight excluding hydrogens is 182 g/mol. The lowest BCUT2D eigenvalue weighted by atomic mass is 9.99. The van der Waals surface area contributed by atoms with E-state index in [2.05, 4.69) is 5.32 Å². The molecule has 0 spiro atoms. The molecule has 4 heteroatoms. The van der Waals surface area contributed by atoms with E-state index in [1.54, 1.807) is 0 Å². The van der Waals surface area contributed by atoms with Gasteiger partial charge >= 0.3 is 5.97 Å². The number of carbonyl (C=O) groups excluding carboxylic acids is 1. The SMILES string of the molecule is O=C(O)CCCCCC1CCNC1=O. The number of nitrogens with one attached hydrogen (secondary N) is 1. The molecular formula is C10H17NO3. The number of carboxylic acids is 1. The van der Waals surface area contributed by atoms with Gasteiger partial charge in [-0.05, 0) is 19.3 Å². The normalized spacial score (nSPS) is 20.9. The molecule has 0 aromatic rings. The lowest BCUT2D eigenvalue weighted by Gasteiger charge is -2.05. The van der Waals surface area contributed by atoms with E-state index in [1.165, 1.54) is 0 Å². The lowest BCUT2D eigenvalue weighted by molar-refractivity contribution is -0.137. The number of carboxylic acid groups (broad SMARTS) is 1. The van der Waals surface area contributed by atoms with Gasteiger partial charge in [-0.2, -0.15) is 0 Å². The molecule has 1 unspecified atom stereocenters. The molecule has 0 aliphatic carbocycles. The first kappa shape index (κ1) is 11.0. The number of hydrogen-bond acceptors (Lipinski definition) is 2. The molecule has 0 bridgehead atoms. The maximum atomic E-state index is 11.1. The van der Waals surface area contributed by atoms with Crippen molar-refractivity contribution >= 4 is 11.9 Å². The number of unbranched alkanes of at least 4 members (excludes halogenated alkanes) is 2. The summed E-state index contributed by atoms with van der Waals surface area (Å²) in [5.41, 5.74) is 0. The van der Waals surface area contributed by atoms with Crippen LogP contribution < -0.4 is 5.32 Å². The van der Waals surface area contributed by atoms with Gasteiger partial charge in [0.05, 0.1) is 0 Å². The molecule has 1 amide bonds. The second-order valence-electron chi connectivity index (χ2n) is 3.77. The number of hydrogen-bond donors (Lipinski definition) is 2. The second-order valence-corrected chi connectivity index (χ2v) is 3.77. The topological polar surface area (TPSA) is 66.4 Å². The Balaban J connectivity index is 1.98. The molecule has 14 heavy (non-hydrogen) atoms. The van der Waals surface area contributed by atoms with E-state index in [9.17, 15) is 9.59 Å². The van der Waals surface area contributed by atoms with Gasteiger partial charge in [0.15, 0.2) is 0 Å². The van der Waals surface area contributed by atoms with Crippen molar-refractivity contribution in [1.29, 1.82) is 0 Å². The molecule has 1 aliphatic heterocycles. The van der Waals surface area contributed by atoms with Crippen LogP contribution in [0.5, 0.6) is 0 Å². The Labute approximate surface area is 83.7 Å². The zero-order chi connectivity index (χ0) is 10.4. The summed E-state index contributed by atoms with van der Waals surface area (Å²) in [6.07, 6.45) is 4.70. The van der Waals surface area contributed by atoms with Crippen molar-refractivity contribution < 1.29 is 14.7 Å². The van der Waals surface area contributed by atoms with Crippen LogP contribution in [0, 0.1) is 5.92 Å². The summed E-state index contributed by atoms with van der Waals surface area (Å²) >= 11 is 0. The fourth-order valence-corrected chi connectivity index (χ4v) is 1.76. The molecule has 0 aromatic carbocycles. The summed E-state index contributed by atoms with van der Waals surface area (Å²) in [6.45, 7) is 0.804. The van der Waals surface area contributed by atoms with Crippen LogP contribution in [-0.4, -0.2) is 23.5 Å². The Hall–Kier alpha value is -1.06. The second kappa shape index (κ2) is 5.62. The van der Waals surface area contributed by atoms with Crippen LogP contribution in [-0.2, 0) is 9.59 Å². The standard InChI is InChI=1S/C10H17NO3/c12-9(13)5-3-1-2-4-8-6-7-11-10(8)14/h8H,1-7H2,(H,11,14)(H,12,13). The molecule has 0 saturated carbocycles. The van der Waals surface area contributed by atoms with Crippen molar-refractivity contribution in [1.82, 2.24) is 5.32 Å². The highest BCUT2D eigenvalue weighted by molar-refractivity contribution is 5.80. The van der Waals surface area contributed by atoms with Crippen LogP contribution in [0.25, 0.3) is 0 Å². The minimum Gasteiger partial charge on any atom is -0.481 e. The minimum absolute atomic E-state index is 0.170. The average Bonchev–Trinajstić information content (AvgIpc) is 2.51. The third kappa shape index (κ3) is 3.77. The Kier molecular flexibility index (Phi) is 4.43. The van der Waals surface area contributed by atoms with Crippen molar-refractivity contribution in [3.8, 4) is 0 Å². The Bertz CT molecular complexity index is 215. The fraction of sp³-hybridized carbons (Fsp3) is 0.800. The van der Waals surface area contributed by atoms with Crippen LogP contribution in [0.15, 0.2) is 0 Å².